The lowest BCUT2D eigenvalue weighted by molar-refractivity contribution is 0.177. The van der Waals surface area contributed by atoms with E-state index in [1.807, 2.05) is 24.8 Å². The Bertz CT molecular complexity index is 737. The quantitative estimate of drug-likeness (QED) is 0.428. The summed E-state index contributed by atoms with van der Waals surface area (Å²) in [6.45, 7) is 9.13. The van der Waals surface area contributed by atoms with Crippen LogP contribution in [0.1, 0.15) is 13.8 Å². The van der Waals surface area contributed by atoms with Crippen molar-refractivity contribution >= 4 is 23.5 Å². The van der Waals surface area contributed by atoms with Crippen molar-refractivity contribution in [1.29, 1.82) is 0 Å². The zero-order valence-electron chi connectivity index (χ0n) is 17.4. The van der Waals surface area contributed by atoms with Gasteiger partial charge in [-0.2, -0.15) is 4.39 Å². The van der Waals surface area contributed by atoms with Gasteiger partial charge in [-0.1, -0.05) is 6.07 Å². The zero-order chi connectivity index (χ0) is 20.6. The molecule has 1 aromatic heterocycles. The molecular formula is C20H30FN5O2S. The van der Waals surface area contributed by atoms with Gasteiger partial charge < -0.3 is 24.6 Å². The average Bonchev–Trinajstić information content (AvgIpc) is 2.72. The lowest BCUT2D eigenvalue weighted by Gasteiger charge is -2.38. The van der Waals surface area contributed by atoms with E-state index in [1.54, 1.807) is 13.2 Å². The summed E-state index contributed by atoms with van der Waals surface area (Å²) >= 11 is 1.81. The number of hydrogen-bond donors (Lipinski definition) is 1. The molecule has 1 N–H and O–H groups in total. The number of thioether (sulfide) groups is 1. The van der Waals surface area contributed by atoms with Gasteiger partial charge >= 0.3 is 0 Å². The van der Waals surface area contributed by atoms with Crippen LogP contribution in [0.5, 0.6) is 0 Å². The van der Waals surface area contributed by atoms with E-state index in [2.05, 4.69) is 27.0 Å². The minimum Gasteiger partial charge on any atom is -0.496 e. The number of hydrogen-bond acceptors (Lipinski definition) is 6. The molecule has 1 fully saturated rings. The van der Waals surface area contributed by atoms with Crippen LogP contribution in [0.3, 0.4) is 0 Å². The Hall–Kier alpha value is -2.00. The molecule has 3 rings (SSSR count). The molecule has 1 atom stereocenters. The molecule has 29 heavy (non-hydrogen) atoms. The van der Waals surface area contributed by atoms with E-state index in [0.29, 0.717) is 19.0 Å². The molecule has 1 unspecified atom stereocenters. The molecule has 160 valence electrons. The van der Waals surface area contributed by atoms with Crippen LogP contribution in [0.2, 0.25) is 0 Å². The largest absolute Gasteiger partial charge is 0.496 e. The standard InChI is InChI=1S/C20H30FN5O2S/c1-15(14-27-3)23-20(22-13-17-16(2)28-11-12-29-17)26-9-7-25(8-10-26)19-6-4-5-18(21)24-19/h4-6,15H,7-14H2,1-3H3,(H,22,23). The SMILES string of the molecule is COCC(C)NC(=NCC1=C(C)OCCS1)N1CCN(c2cccc(F)n2)CC1. The molecule has 0 saturated carbocycles. The van der Waals surface area contributed by atoms with Gasteiger partial charge in [-0.05, 0) is 26.0 Å². The highest BCUT2D eigenvalue weighted by Crippen LogP contribution is 2.25. The number of nitrogens with zero attached hydrogens (tertiary/aromatic N) is 4. The first-order valence-electron chi connectivity index (χ1n) is 9.94. The number of ether oxygens (including phenoxy) is 2. The van der Waals surface area contributed by atoms with Crippen LogP contribution in [-0.4, -0.2) is 80.7 Å². The van der Waals surface area contributed by atoms with Crippen LogP contribution in [0.25, 0.3) is 0 Å². The Morgan fingerprint density at radius 3 is 2.86 bits per heavy atom. The van der Waals surface area contributed by atoms with Gasteiger partial charge in [0.05, 0.1) is 19.8 Å². The molecule has 0 spiro atoms. The number of methoxy groups -OCH3 is 1. The van der Waals surface area contributed by atoms with Crippen molar-refractivity contribution in [2.75, 3.05) is 63.7 Å². The number of aliphatic imine (C=N–C) groups is 1. The first-order valence-corrected chi connectivity index (χ1v) is 10.9. The molecule has 2 aliphatic heterocycles. The summed E-state index contributed by atoms with van der Waals surface area (Å²) in [4.78, 5) is 14.4. The van der Waals surface area contributed by atoms with Gasteiger partial charge in [0.25, 0.3) is 0 Å². The van der Waals surface area contributed by atoms with E-state index in [9.17, 15) is 4.39 Å². The summed E-state index contributed by atoms with van der Waals surface area (Å²) < 4.78 is 24.4. The molecule has 0 amide bonds. The number of piperazine rings is 1. The molecule has 1 saturated heterocycles. The van der Waals surface area contributed by atoms with Gasteiger partial charge in [0.15, 0.2) is 5.96 Å². The summed E-state index contributed by atoms with van der Waals surface area (Å²) in [6.07, 6.45) is 0. The third-order valence-corrected chi connectivity index (χ3v) is 5.97. The highest BCUT2D eigenvalue weighted by molar-refractivity contribution is 8.03. The highest BCUT2D eigenvalue weighted by Gasteiger charge is 2.22. The van der Waals surface area contributed by atoms with E-state index in [4.69, 9.17) is 14.5 Å². The monoisotopic (exact) mass is 423 g/mol. The first-order chi connectivity index (χ1) is 14.1. The number of halogens is 1. The second kappa shape index (κ2) is 10.7. The summed E-state index contributed by atoms with van der Waals surface area (Å²) in [5.41, 5.74) is 0. The van der Waals surface area contributed by atoms with Gasteiger partial charge in [0, 0.05) is 50.0 Å². The molecule has 3 heterocycles. The fourth-order valence-electron chi connectivity index (χ4n) is 3.32. The number of rotatable bonds is 6. The summed E-state index contributed by atoms with van der Waals surface area (Å²) in [7, 11) is 1.70. The van der Waals surface area contributed by atoms with Gasteiger partial charge in [-0.15, -0.1) is 11.8 Å². The number of pyridine rings is 1. The second-order valence-corrected chi connectivity index (χ2v) is 8.30. The van der Waals surface area contributed by atoms with Crippen molar-refractivity contribution in [3.8, 4) is 0 Å². The van der Waals surface area contributed by atoms with Crippen molar-refractivity contribution < 1.29 is 13.9 Å². The Labute approximate surface area is 176 Å². The maximum absolute atomic E-state index is 13.4. The van der Waals surface area contributed by atoms with E-state index in [-0.39, 0.29) is 6.04 Å². The van der Waals surface area contributed by atoms with Gasteiger partial charge in [-0.3, -0.25) is 0 Å². The van der Waals surface area contributed by atoms with E-state index >= 15 is 0 Å². The van der Waals surface area contributed by atoms with Crippen LogP contribution in [0.15, 0.2) is 33.9 Å². The van der Waals surface area contributed by atoms with E-state index in [0.717, 1.165) is 50.3 Å². The van der Waals surface area contributed by atoms with Crippen LogP contribution < -0.4 is 10.2 Å². The molecule has 7 nitrogen and oxygen atoms in total. The van der Waals surface area contributed by atoms with Crippen molar-refractivity contribution in [3.63, 3.8) is 0 Å². The number of aromatic nitrogens is 1. The van der Waals surface area contributed by atoms with E-state index in [1.165, 1.54) is 11.0 Å². The van der Waals surface area contributed by atoms with Crippen LogP contribution in [-0.2, 0) is 9.47 Å². The summed E-state index contributed by atoms with van der Waals surface area (Å²) in [6, 6.07) is 5.06. The maximum atomic E-state index is 13.4. The maximum Gasteiger partial charge on any atom is 0.214 e. The Kier molecular flexibility index (Phi) is 8.00. The van der Waals surface area contributed by atoms with Gasteiger partial charge in [0.1, 0.15) is 11.6 Å². The molecule has 0 radical (unpaired) electrons. The van der Waals surface area contributed by atoms with Crippen molar-refractivity contribution in [3.05, 3.63) is 34.8 Å². The number of allylic oxidation sites excluding steroid dienone is 1. The minimum atomic E-state index is -0.446. The number of anilines is 1. The first kappa shape index (κ1) is 21.7. The highest BCUT2D eigenvalue weighted by atomic mass is 32.2. The lowest BCUT2D eigenvalue weighted by atomic mass is 10.3. The van der Waals surface area contributed by atoms with Crippen LogP contribution in [0.4, 0.5) is 10.2 Å². The zero-order valence-corrected chi connectivity index (χ0v) is 18.2. The summed E-state index contributed by atoms with van der Waals surface area (Å²) in [5.74, 6) is 3.03. The van der Waals surface area contributed by atoms with Crippen molar-refractivity contribution in [2.45, 2.75) is 19.9 Å². The molecule has 0 aromatic carbocycles. The Morgan fingerprint density at radius 1 is 1.38 bits per heavy atom. The predicted octanol–water partition coefficient (Wildman–Crippen LogP) is 2.32. The summed E-state index contributed by atoms with van der Waals surface area (Å²) in [5, 5.41) is 3.49. The lowest BCUT2D eigenvalue weighted by Crippen LogP contribution is -2.54. The van der Waals surface area contributed by atoms with Crippen LogP contribution >= 0.6 is 11.8 Å². The minimum absolute atomic E-state index is 0.145. The molecule has 1 aromatic rings. The third kappa shape index (κ3) is 6.24. The molecular weight excluding hydrogens is 393 g/mol. The van der Waals surface area contributed by atoms with Crippen LogP contribution in [0, 0.1) is 5.95 Å². The smallest absolute Gasteiger partial charge is 0.214 e. The predicted molar refractivity (Wildman–Crippen MR) is 116 cm³/mol. The van der Waals surface area contributed by atoms with E-state index < -0.39 is 5.95 Å². The Balaban J connectivity index is 1.66. The fourth-order valence-corrected chi connectivity index (χ4v) is 4.15. The van der Waals surface area contributed by atoms with Crippen molar-refractivity contribution in [1.82, 2.24) is 15.2 Å². The number of nitrogens with one attached hydrogen (secondary N) is 1. The second-order valence-electron chi connectivity index (χ2n) is 7.11. The molecule has 9 heteroatoms. The normalized spacial score (nSPS) is 19.2. The molecule has 0 bridgehead atoms. The fraction of sp³-hybridized carbons (Fsp3) is 0.600. The van der Waals surface area contributed by atoms with Crippen molar-refractivity contribution in [2.24, 2.45) is 4.99 Å². The molecule has 2 aliphatic rings. The molecule has 0 aliphatic carbocycles. The average molecular weight is 424 g/mol. The van der Waals surface area contributed by atoms with Gasteiger partial charge in [-0.25, -0.2) is 9.98 Å². The van der Waals surface area contributed by atoms with Gasteiger partial charge in [0.2, 0.25) is 5.95 Å². The third-order valence-electron chi connectivity index (χ3n) is 4.84. The number of guanidine groups is 1. The Morgan fingerprint density at radius 2 is 2.17 bits per heavy atom. The topological polar surface area (TPSA) is 62.2 Å².